The molecule has 0 saturated carbocycles. The Balaban J connectivity index is 1.24. The van der Waals surface area contributed by atoms with Crippen LogP contribution in [0.25, 0.3) is 16.8 Å². The predicted molar refractivity (Wildman–Crippen MR) is 151 cm³/mol. The highest BCUT2D eigenvalue weighted by Crippen LogP contribution is 2.36. The number of alkyl halides is 3. The fraction of sp³-hybridized carbons (Fsp3) is 0.357. The number of aromatic nitrogens is 3. The Kier molecular flexibility index (Phi) is 7.86. The van der Waals surface area contributed by atoms with Gasteiger partial charge < -0.3 is 9.72 Å². The number of sulfonamides is 1. The molecule has 1 aliphatic heterocycles. The third kappa shape index (κ3) is 6.13. The summed E-state index contributed by atoms with van der Waals surface area (Å²) in [6.07, 6.45) is 6.24. The number of anilines is 1. The smallest absolute Gasteiger partial charge is 0.367 e. The fourth-order valence-corrected chi connectivity index (χ4v) is 6.92. The summed E-state index contributed by atoms with van der Waals surface area (Å²) in [7, 11) is -3.67. The van der Waals surface area contributed by atoms with Gasteiger partial charge in [0.1, 0.15) is 11.5 Å². The molecule has 4 aromatic rings. The number of piperidine rings is 1. The van der Waals surface area contributed by atoms with E-state index in [1.807, 2.05) is 31.5 Å². The van der Waals surface area contributed by atoms with Crippen LogP contribution in [0.4, 0.5) is 19.0 Å². The standard InChI is InChI=1S/C28H30F3N5O2S2/c1-18(2)25-16-33-27-19(3)14-21(17-36(25)27)20-4-7-24(8-5-20)40(37,38)35-12-10-22(11-13-35)34-26-9-6-23(15-32-26)39-28(29,30)31/h4-9,14-18,22H,10-13H2,1-3H3,(H,32,34). The van der Waals surface area contributed by atoms with Crippen molar-refractivity contribution in [2.75, 3.05) is 18.4 Å². The lowest BCUT2D eigenvalue weighted by Crippen LogP contribution is -2.42. The van der Waals surface area contributed by atoms with Gasteiger partial charge in [-0.05, 0) is 84.5 Å². The van der Waals surface area contributed by atoms with E-state index in [1.165, 1.54) is 22.6 Å². The number of benzene rings is 1. The maximum Gasteiger partial charge on any atom is 0.446 e. The number of halogens is 3. The first-order chi connectivity index (χ1) is 18.9. The quantitative estimate of drug-likeness (QED) is 0.242. The molecule has 0 radical (unpaired) electrons. The molecule has 1 N–H and O–H groups in total. The summed E-state index contributed by atoms with van der Waals surface area (Å²) in [6.45, 7) is 6.93. The normalized spacial score (nSPS) is 15.7. The van der Waals surface area contributed by atoms with E-state index in [9.17, 15) is 21.6 Å². The third-order valence-electron chi connectivity index (χ3n) is 7.01. The lowest BCUT2D eigenvalue weighted by atomic mass is 10.1. The molecule has 7 nitrogen and oxygen atoms in total. The van der Waals surface area contributed by atoms with Crippen molar-refractivity contribution in [3.05, 3.63) is 72.3 Å². The van der Waals surface area contributed by atoms with Crippen molar-refractivity contribution in [3.63, 3.8) is 0 Å². The Morgan fingerprint density at radius 2 is 1.70 bits per heavy atom. The van der Waals surface area contributed by atoms with E-state index in [2.05, 4.69) is 39.6 Å². The number of aryl methyl sites for hydroxylation is 1. The average molecular weight is 590 g/mol. The first-order valence-corrected chi connectivity index (χ1v) is 15.2. The van der Waals surface area contributed by atoms with E-state index in [0.29, 0.717) is 37.7 Å². The molecular weight excluding hydrogens is 559 g/mol. The van der Waals surface area contributed by atoms with Crippen molar-refractivity contribution in [3.8, 4) is 11.1 Å². The van der Waals surface area contributed by atoms with Gasteiger partial charge >= 0.3 is 5.51 Å². The van der Waals surface area contributed by atoms with E-state index < -0.39 is 15.5 Å². The minimum atomic E-state index is -4.36. The van der Waals surface area contributed by atoms with Crippen molar-refractivity contribution in [1.82, 2.24) is 18.7 Å². The number of pyridine rings is 2. The van der Waals surface area contributed by atoms with E-state index in [4.69, 9.17) is 0 Å². The molecule has 0 unspecified atom stereocenters. The Morgan fingerprint density at radius 3 is 2.30 bits per heavy atom. The van der Waals surface area contributed by atoms with Crippen LogP contribution in [0, 0.1) is 6.92 Å². The zero-order valence-corrected chi connectivity index (χ0v) is 23.9. The lowest BCUT2D eigenvalue weighted by molar-refractivity contribution is -0.0328. The SMILES string of the molecule is Cc1cc(-c2ccc(S(=O)(=O)N3CCC(Nc4ccc(SC(F)(F)F)cn4)CC3)cc2)cn2c(C(C)C)cnc12. The number of hydrogen-bond donors (Lipinski definition) is 1. The second-order valence-electron chi connectivity index (χ2n) is 10.2. The number of nitrogens with zero attached hydrogens (tertiary/aromatic N) is 4. The average Bonchev–Trinajstić information content (AvgIpc) is 3.35. The van der Waals surface area contributed by atoms with Crippen LogP contribution in [0.1, 0.15) is 43.9 Å². The predicted octanol–water partition coefficient (Wildman–Crippen LogP) is 6.71. The minimum absolute atomic E-state index is 0.0164. The molecule has 1 aliphatic rings. The van der Waals surface area contributed by atoms with Crippen LogP contribution in [-0.2, 0) is 10.0 Å². The third-order valence-corrected chi connectivity index (χ3v) is 9.63. The van der Waals surface area contributed by atoms with Gasteiger partial charge in [0.15, 0.2) is 0 Å². The molecule has 3 aromatic heterocycles. The highest BCUT2D eigenvalue weighted by Gasteiger charge is 2.31. The van der Waals surface area contributed by atoms with Crippen LogP contribution >= 0.6 is 11.8 Å². The number of imidazole rings is 1. The number of fused-ring (bicyclic) bond motifs is 1. The van der Waals surface area contributed by atoms with Crippen LogP contribution < -0.4 is 5.32 Å². The van der Waals surface area contributed by atoms with Crippen molar-refractivity contribution in [2.45, 2.75) is 60.9 Å². The number of rotatable bonds is 7. The topological polar surface area (TPSA) is 79.6 Å². The van der Waals surface area contributed by atoms with Gasteiger partial charge in [-0.25, -0.2) is 18.4 Å². The van der Waals surface area contributed by atoms with Crippen LogP contribution in [0.3, 0.4) is 0 Å². The van der Waals surface area contributed by atoms with Gasteiger partial charge in [0.25, 0.3) is 0 Å². The van der Waals surface area contributed by atoms with Crippen LogP contribution in [0.15, 0.2) is 70.8 Å². The van der Waals surface area contributed by atoms with E-state index in [0.717, 1.165) is 28.0 Å². The monoisotopic (exact) mass is 589 g/mol. The molecule has 0 spiro atoms. The van der Waals surface area contributed by atoms with Gasteiger partial charge in [-0.1, -0.05) is 26.0 Å². The molecule has 0 bridgehead atoms. The Morgan fingerprint density at radius 1 is 1.00 bits per heavy atom. The summed E-state index contributed by atoms with van der Waals surface area (Å²) >= 11 is -0.209. The molecule has 1 saturated heterocycles. The van der Waals surface area contributed by atoms with Gasteiger partial charge in [-0.15, -0.1) is 0 Å². The molecule has 1 fully saturated rings. The van der Waals surface area contributed by atoms with Crippen molar-refractivity contribution >= 4 is 33.3 Å². The summed E-state index contributed by atoms with van der Waals surface area (Å²) in [4.78, 5) is 8.87. The molecule has 212 valence electrons. The first-order valence-electron chi connectivity index (χ1n) is 13.0. The van der Waals surface area contributed by atoms with Crippen molar-refractivity contribution < 1.29 is 21.6 Å². The summed E-state index contributed by atoms with van der Waals surface area (Å²) in [5.41, 5.74) is 0.620. The molecule has 12 heteroatoms. The summed E-state index contributed by atoms with van der Waals surface area (Å²) in [5, 5.41) is 3.20. The van der Waals surface area contributed by atoms with Crippen LogP contribution in [-0.4, -0.2) is 51.7 Å². The van der Waals surface area contributed by atoms with E-state index >= 15 is 0 Å². The largest absolute Gasteiger partial charge is 0.446 e. The zero-order chi connectivity index (χ0) is 28.7. The molecule has 40 heavy (non-hydrogen) atoms. The Hall–Kier alpha value is -3.09. The highest BCUT2D eigenvalue weighted by atomic mass is 32.2. The molecule has 0 aliphatic carbocycles. The van der Waals surface area contributed by atoms with Crippen LogP contribution in [0.5, 0.6) is 0 Å². The molecule has 5 rings (SSSR count). The van der Waals surface area contributed by atoms with Gasteiger partial charge in [0, 0.05) is 48.3 Å². The van der Waals surface area contributed by atoms with Gasteiger partial charge in [0.2, 0.25) is 10.0 Å². The Bertz CT molecular complexity index is 1590. The molecular formula is C28H30F3N5O2S2. The van der Waals surface area contributed by atoms with E-state index in [1.54, 1.807) is 12.1 Å². The fourth-order valence-electron chi connectivity index (χ4n) is 4.94. The molecule has 4 heterocycles. The lowest BCUT2D eigenvalue weighted by Gasteiger charge is -2.32. The number of nitrogens with one attached hydrogen (secondary N) is 1. The summed E-state index contributed by atoms with van der Waals surface area (Å²) < 4.78 is 67.9. The second-order valence-corrected chi connectivity index (χ2v) is 13.3. The zero-order valence-electron chi connectivity index (χ0n) is 22.3. The van der Waals surface area contributed by atoms with Gasteiger partial charge in [0.05, 0.1) is 4.90 Å². The Labute approximate surface area is 235 Å². The van der Waals surface area contributed by atoms with Gasteiger partial charge in [-0.2, -0.15) is 17.5 Å². The molecule has 0 amide bonds. The molecule has 1 aromatic carbocycles. The summed E-state index contributed by atoms with van der Waals surface area (Å²) in [6, 6.07) is 11.9. The number of hydrogen-bond acceptors (Lipinski definition) is 6. The second kappa shape index (κ2) is 11.1. The maximum absolute atomic E-state index is 13.4. The van der Waals surface area contributed by atoms with Crippen LogP contribution in [0.2, 0.25) is 0 Å². The maximum atomic E-state index is 13.4. The minimum Gasteiger partial charge on any atom is -0.367 e. The summed E-state index contributed by atoms with van der Waals surface area (Å²) in [5.74, 6) is 0.781. The van der Waals surface area contributed by atoms with E-state index in [-0.39, 0.29) is 27.6 Å². The first kappa shape index (κ1) is 28.4. The molecule has 0 atom stereocenters. The van der Waals surface area contributed by atoms with Crippen molar-refractivity contribution in [2.24, 2.45) is 0 Å². The number of thioether (sulfide) groups is 1. The van der Waals surface area contributed by atoms with Crippen molar-refractivity contribution in [1.29, 1.82) is 0 Å². The van der Waals surface area contributed by atoms with Gasteiger partial charge in [-0.3, -0.25) is 0 Å². The highest BCUT2D eigenvalue weighted by molar-refractivity contribution is 8.00.